The van der Waals surface area contributed by atoms with Gasteiger partial charge in [0.1, 0.15) is 0 Å². The molecule has 0 saturated heterocycles. The van der Waals surface area contributed by atoms with E-state index >= 15 is 0 Å². The predicted octanol–water partition coefficient (Wildman–Crippen LogP) is 3.30. The summed E-state index contributed by atoms with van der Waals surface area (Å²) in [4.78, 5) is 25.3. The third-order valence-corrected chi connectivity index (χ3v) is 4.52. The minimum Gasteiger partial charge on any atom is -0.481 e. The van der Waals surface area contributed by atoms with E-state index in [1.807, 2.05) is 13.8 Å². The SMILES string of the molecule is CCC(C)N(CC(C)C(=O)O)C(=O)CC1CCCCC1. The highest BCUT2D eigenvalue weighted by molar-refractivity contribution is 5.78. The zero-order chi connectivity index (χ0) is 15.1. The largest absolute Gasteiger partial charge is 0.481 e. The summed E-state index contributed by atoms with van der Waals surface area (Å²) in [6.45, 7) is 6.05. The van der Waals surface area contributed by atoms with Crippen LogP contribution in [0.1, 0.15) is 65.7 Å². The Hall–Kier alpha value is -1.06. The molecular formula is C16H29NO3. The molecule has 4 nitrogen and oxygen atoms in total. The molecule has 20 heavy (non-hydrogen) atoms. The molecule has 0 spiro atoms. The van der Waals surface area contributed by atoms with Crippen molar-refractivity contribution in [2.75, 3.05) is 6.54 Å². The van der Waals surface area contributed by atoms with E-state index in [1.54, 1.807) is 11.8 Å². The molecule has 0 radical (unpaired) electrons. The molecule has 0 heterocycles. The van der Waals surface area contributed by atoms with Gasteiger partial charge >= 0.3 is 5.97 Å². The van der Waals surface area contributed by atoms with Gasteiger partial charge in [-0.2, -0.15) is 0 Å². The van der Waals surface area contributed by atoms with Gasteiger partial charge < -0.3 is 10.0 Å². The second-order valence-electron chi connectivity index (χ2n) is 6.25. The average molecular weight is 283 g/mol. The third-order valence-electron chi connectivity index (χ3n) is 4.52. The molecule has 1 saturated carbocycles. The summed E-state index contributed by atoms with van der Waals surface area (Å²) in [6, 6.07) is 0.118. The number of carbonyl (C=O) groups is 2. The van der Waals surface area contributed by atoms with Crippen molar-refractivity contribution in [2.45, 2.75) is 71.8 Å². The van der Waals surface area contributed by atoms with Crippen LogP contribution in [-0.2, 0) is 9.59 Å². The van der Waals surface area contributed by atoms with E-state index in [4.69, 9.17) is 5.11 Å². The van der Waals surface area contributed by atoms with E-state index in [2.05, 4.69) is 0 Å². The van der Waals surface area contributed by atoms with Crippen molar-refractivity contribution < 1.29 is 14.7 Å². The van der Waals surface area contributed by atoms with E-state index in [0.717, 1.165) is 19.3 Å². The molecule has 0 aromatic rings. The van der Waals surface area contributed by atoms with Gasteiger partial charge in [0.15, 0.2) is 0 Å². The summed E-state index contributed by atoms with van der Waals surface area (Å²) in [5.74, 6) is -0.689. The average Bonchev–Trinajstić information content (AvgIpc) is 2.44. The summed E-state index contributed by atoms with van der Waals surface area (Å²) in [5.41, 5.74) is 0. The topological polar surface area (TPSA) is 57.6 Å². The van der Waals surface area contributed by atoms with Gasteiger partial charge in [0.05, 0.1) is 5.92 Å². The highest BCUT2D eigenvalue weighted by Crippen LogP contribution is 2.27. The van der Waals surface area contributed by atoms with Crippen LogP contribution in [0.3, 0.4) is 0 Å². The van der Waals surface area contributed by atoms with Crippen LogP contribution in [-0.4, -0.2) is 34.5 Å². The fraction of sp³-hybridized carbons (Fsp3) is 0.875. The van der Waals surface area contributed by atoms with Crippen LogP contribution in [0.4, 0.5) is 0 Å². The van der Waals surface area contributed by atoms with Gasteiger partial charge in [-0.3, -0.25) is 9.59 Å². The summed E-state index contributed by atoms with van der Waals surface area (Å²) >= 11 is 0. The first-order chi connectivity index (χ1) is 9.45. The zero-order valence-electron chi connectivity index (χ0n) is 13.1. The van der Waals surface area contributed by atoms with Crippen molar-refractivity contribution >= 4 is 11.9 Å². The summed E-state index contributed by atoms with van der Waals surface area (Å²) in [7, 11) is 0. The molecule has 1 amide bonds. The van der Waals surface area contributed by atoms with Gasteiger partial charge in [-0.15, -0.1) is 0 Å². The van der Waals surface area contributed by atoms with E-state index in [9.17, 15) is 9.59 Å². The molecule has 0 aliphatic heterocycles. The molecule has 116 valence electrons. The number of carboxylic acid groups (broad SMARTS) is 1. The zero-order valence-corrected chi connectivity index (χ0v) is 13.1. The Bertz CT molecular complexity index is 324. The lowest BCUT2D eigenvalue weighted by molar-refractivity contribution is -0.144. The maximum absolute atomic E-state index is 12.5. The van der Waals surface area contributed by atoms with Gasteiger partial charge in [-0.05, 0) is 32.1 Å². The standard InChI is InChI=1S/C16H29NO3/c1-4-13(3)17(11-12(2)16(19)20)15(18)10-14-8-6-5-7-9-14/h12-14H,4-11H2,1-3H3,(H,19,20). The van der Waals surface area contributed by atoms with Crippen molar-refractivity contribution in [2.24, 2.45) is 11.8 Å². The fourth-order valence-corrected chi connectivity index (χ4v) is 2.88. The molecule has 0 aromatic heterocycles. The first kappa shape index (κ1) is 17.0. The number of nitrogens with zero attached hydrogens (tertiary/aromatic N) is 1. The Labute approximate surface area is 122 Å². The van der Waals surface area contributed by atoms with E-state index in [1.165, 1.54) is 19.3 Å². The molecule has 0 aromatic carbocycles. The quantitative estimate of drug-likeness (QED) is 0.780. The van der Waals surface area contributed by atoms with Crippen LogP contribution < -0.4 is 0 Å². The van der Waals surface area contributed by atoms with E-state index < -0.39 is 11.9 Å². The molecular weight excluding hydrogens is 254 g/mol. The number of rotatable bonds is 7. The highest BCUT2D eigenvalue weighted by Gasteiger charge is 2.26. The molecule has 2 atom stereocenters. The van der Waals surface area contributed by atoms with Crippen LogP contribution in [0.15, 0.2) is 0 Å². The fourth-order valence-electron chi connectivity index (χ4n) is 2.88. The number of carboxylic acids is 1. The lowest BCUT2D eigenvalue weighted by Gasteiger charge is -2.32. The van der Waals surface area contributed by atoms with Crippen LogP contribution in [0.2, 0.25) is 0 Å². The number of aliphatic carboxylic acids is 1. The third kappa shape index (κ3) is 5.14. The second kappa shape index (κ2) is 8.28. The summed E-state index contributed by atoms with van der Waals surface area (Å²) < 4.78 is 0. The van der Waals surface area contributed by atoms with Crippen LogP contribution >= 0.6 is 0 Å². The number of hydrogen-bond acceptors (Lipinski definition) is 2. The molecule has 0 bridgehead atoms. The predicted molar refractivity (Wildman–Crippen MR) is 79.5 cm³/mol. The van der Waals surface area contributed by atoms with E-state index in [0.29, 0.717) is 18.9 Å². The number of carbonyl (C=O) groups excluding carboxylic acids is 1. The smallest absolute Gasteiger partial charge is 0.308 e. The molecule has 1 N–H and O–H groups in total. The minimum atomic E-state index is -0.830. The molecule has 4 heteroatoms. The van der Waals surface area contributed by atoms with Gasteiger partial charge in [0.2, 0.25) is 5.91 Å². The molecule has 2 unspecified atom stereocenters. The van der Waals surface area contributed by atoms with Crippen molar-refractivity contribution in [3.63, 3.8) is 0 Å². The molecule has 1 rings (SSSR count). The summed E-state index contributed by atoms with van der Waals surface area (Å²) in [6.07, 6.45) is 7.50. The van der Waals surface area contributed by atoms with Crippen LogP contribution in [0.25, 0.3) is 0 Å². The Morgan fingerprint density at radius 1 is 1.20 bits per heavy atom. The van der Waals surface area contributed by atoms with Crippen LogP contribution in [0.5, 0.6) is 0 Å². The van der Waals surface area contributed by atoms with Crippen LogP contribution in [0, 0.1) is 11.8 Å². The van der Waals surface area contributed by atoms with Crippen molar-refractivity contribution in [3.8, 4) is 0 Å². The van der Waals surface area contributed by atoms with Gasteiger partial charge in [-0.1, -0.05) is 33.1 Å². The molecule has 1 aliphatic rings. The first-order valence-corrected chi connectivity index (χ1v) is 7.98. The van der Waals surface area contributed by atoms with Crippen molar-refractivity contribution in [1.82, 2.24) is 4.90 Å². The van der Waals surface area contributed by atoms with Crippen molar-refractivity contribution in [1.29, 1.82) is 0 Å². The summed E-state index contributed by atoms with van der Waals surface area (Å²) in [5, 5.41) is 9.05. The lowest BCUT2D eigenvalue weighted by Crippen LogP contribution is -2.43. The minimum absolute atomic E-state index is 0.118. The first-order valence-electron chi connectivity index (χ1n) is 7.98. The lowest BCUT2D eigenvalue weighted by atomic mass is 9.86. The van der Waals surface area contributed by atoms with Gasteiger partial charge in [0, 0.05) is 19.0 Å². The Morgan fingerprint density at radius 2 is 1.80 bits per heavy atom. The number of amides is 1. The Morgan fingerprint density at radius 3 is 2.30 bits per heavy atom. The van der Waals surface area contributed by atoms with Crippen molar-refractivity contribution in [3.05, 3.63) is 0 Å². The van der Waals surface area contributed by atoms with Gasteiger partial charge in [-0.25, -0.2) is 0 Å². The molecule has 1 fully saturated rings. The Balaban J connectivity index is 2.61. The molecule has 1 aliphatic carbocycles. The monoisotopic (exact) mass is 283 g/mol. The second-order valence-corrected chi connectivity index (χ2v) is 6.25. The number of hydrogen-bond donors (Lipinski definition) is 1. The normalized spacial score (nSPS) is 19.4. The maximum atomic E-state index is 12.5. The van der Waals surface area contributed by atoms with E-state index in [-0.39, 0.29) is 11.9 Å². The van der Waals surface area contributed by atoms with Gasteiger partial charge in [0.25, 0.3) is 0 Å². The highest BCUT2D eigenvalue weighted by atomic mass is 16.4. The Kier molecular flexibility index (Phi) is 7.03. The maximum Gasteiger partial charge on any atom is 0.308 e.